The fourth-order valence-corrected chi connectivity index (χ4v) is 3.57. The first-order chi connectivity index (χ1) is 11.0. The van der Waals surface area contributed by atoms with Gasteiger partial charge in [-0.1, -0.05) is 29.8 Å². The van der Waals surface area contributed by atoms with Crippen LogP contribution < -0.4 is 5.32 Å². The van der Waals surface area contributed by atoms with Gasteiger partial charge in [0.25, 0.3) is 0 Å². The minimum absolute atomic E-state index is 0.299. The van der Waals surface area contributed by atoms with Gasteiger partial charge in [-0.3, -0.25) is 4.57 Å². The summed E-state index contributed by atoms with van der Waals surface area (Å²) in [5.74, 6) is -0.707. The average Bonchev–Trinajstić information content (AvgIpc) is 2.60. The molecule has 7 heteroatoms. The number of nitrogens with zero attached hydrogens (tertiary/aromatic N) is 1. The first-order valence-corrected chi connectivity index (χ1v) is 8.61. The number of benzene rings is 2. The summed E-state index contributed by atoms with van der Waals surface area (Å²) < 4.78 is 23.2. The lowest BCUT2D eigenvalue weighted by Crippen LogP contribution is -2.13. The summed E-state index contributed by atoms with van der Waals surface area (Å²) in [6, 6.07) is 14.1. The smallest absolute Gasteiger partial charge is 0.356 e. The van der Waals surface area contributed by atoms with Crippen LogP contribution in [0.15, 0.2) is 53.7 Å². The molecular weight excluding hydrogens is 315 g/mol. The number of hydrogen-bond donors (Lipinski definition) is 1. The Morgan fingerprint density at radius 1 is 1.00 bits per heavy atom. The number of nitrogens with one attached hydrogen (secondary N) is 1. The van der Waals surface area contributed by atoms with Crippen molar-refractivity contribution in [2.24, 2.45) is 5.18 Å². The molecule has 0 aromatic heterocycles. The van der Waals surface area contributed by atoms with Crippen molar-refractivity contribution in [2.45, 2.75) is 12.7 Å². The molecule has 0 aliphatic heterocycles. The molecule has 0 amide bonds. The minimum atomic E-state index is -3.43. The highest BCUT2D eigenvalue weighted by Gasteiger charge is 2.35. The molecule has 6 nitrogen and oxygen atoms in total. The molecule has 0 saturated heterocycles. The highest BCUT2D eigenvalue weighted by atomic mass is 31.2. The molecule has 0 aliphatic rings. The van der Waals surface area contributed by atoms with Crippen molar-refractivity contribution < 1.29 is 13.6 Å². The third-order valence-corrected chi connectivity index (χ3v) is 5.57. The van der Waals surface area contributed by atoms with Gasteiger partial charge in [-0.25, -0.2) is 0 Å². The van der Waals surface area contributed by atoms with Gasteiger partial charge in [0.05, 0.1) is 0 Å². The largest absolute Gasteiger partial charge is 0.368 e. The van der Waals surface area contributed by atoms with E-state index in [9.17, 15) is 9.47 Å². The van der Waals surface area contributed by atoms with Crippen LogP contribution in [0.4, 0.5) is 11.4 Å². The molecule has 122 valence electrons. The van der Waals surface area contributed by atoms with E-state index in [4.69, 9.17) is 9.05 Å². The van der Waals surface area contributed by atoms with Gasteiger partial charge in [0, 0.05) is 19.9 Å². The molecule has 0 heterocycles. The first kappa shape index (κ1) is 17.3. The van der Waals surface area contributed by atoms with Gasteiger partial charge in [0.2, 0.25) is 0 Å². The standard InChI is InChI=1S/C16H19N2O4P/c1-12-4-8-14(9-5-12)17-16(23(20,21-2)22-3)13-6-10-15(18-19)11-7-13/h4-11,16-17H,1-3H3. The van der Waals surface area contributed by atoms with Crippen LogP contribution >= 0.6 is 7.60 Å². The molecule has 0 radical (unpaired) electrons. The van der Waals surface area contributed by atoms with Crippen LogP contribution in [-0.4, -0.2) is 14.2 Å². The lowest BCUT2D eigenvalue weighted by Gasteiger charge is -2.26. The monoisotopic (exact) mass is 334 g/mol. The number of rotatable bonds is 7. The quantitative estimate of drug-likeness (QED) is 0.570. The number of hydrogen-bond acceptors (Lipinski definition) is 6. The summed E-state index contributed by atoms with van der Waals surface area (Å²) >= 11 is 0. The summed E-state index contributed by atoms with van der Waals surface area (Å²) in [6.45, 7) is 1.99. The van der Waals surface area contributed by atoms with Crippen molar-refractivity contribution in [2.75, 3.05) is 19.5 Å². The van der Waals surface area contributed by atoms with Crippen LogP contribution in [0.2, 0.25) is 0 Å². The average molecular weight is 334 g/mol. The summed E-state index contributed by atoms with van der Waals surface area (Å²) in [4.78, 5) is 10.6. The van der Waals surface area contributed by atoms with Crippen molar-refractivity contribution in [1.82, 2.24) is 0 Å². The molecule has 0 bridgehead atoms. The predicted octanol–water partition coefficient (Wildman–Crippen LogP) is 4.99. The van der Waals surface area contributed by atoms with Crippen LogP contribution in [0.5, 0.6) is 0 Å². The molecule has 2 aromatic carbocycles. The van der Waals surface area contributed by atoms with Gasteiger partial charge in [-0.05, 0) is 41.9 Å². The Kier molecular flexibility index (Phi) is 5.66. The summed E-state index contributed by atoms with van der Waals surface area (Å²) in [5.41, 5.74) is 2.88. The molecule has 2 aromatic rings. The Balaban J connectivity index is 2.40. The lowest BCUT2D eigenvalue weighted by atomic mass is 10.2. The highest BCUT2D eigenvalue weighted by molar-refractivity contribution is 7.54. The number of aryl methyl sites for hydroxylation is 1. The maximum atomic E-state index is 12.9. The molecule has 1 N–H and O–H groups in total. The molecule has 23 heavy (non-hydrogen) atoms. The van der Waals surface area contributed by atoms with Crippen molar-refractivity contribution in [3.8, 4) is 0 Å². The molecule has 1 unspecified atom stereocenters. The van der Waals surface area contributed by atoms with Crippen LogP contribution in [0.3, 0.4) is 0 Å². The van der Waals surface area contributed by atoms with E-state index >= 15 is 0 Å². The van der Waals surface area contributed by atoms with E-state index in [2.05, 4.69) is 10.5 Å². The molecule has 0 fully saturated rings. The van der Waals surface area contributed by atoms with Crippen LogP contribution in [0.25, 0.3) is 0 Å². The van der Waals surface area contributed by atoms with E-state index in [-0.39, 0.29) is 0 Å². The van der Waals surface area contributed by atoms with E-state index in [1.54, 1.807) is 24.3 Å². The van der Waals surface area contributed by atoms with Crippen molar-refractivity contribution in [1.29, 1.82) is 0 Å². The van der Waals surface area contributed by atoms with Gasteiger partial charge in [0.1, 0.15) is 5.69 Å². The highest BCUT2D eigenvalue weighted by Crippen LogP contribution is 2.59. The minimum Gasteiger partial charge on any atom is -0.368 e. The zero-order valence-corrected chi connectivity index (χ0v) is 14.1. The van der Waals surface area contributed by atoms with E-state index in [0.29, 0.717) is 11.3 Å². The SMILES string of the molecule is COP(=O)(OC)C(Nc1ccc(C)cc1)c1ccc(N=O)cc1. The summed E-state index contributed by atoms with van der Waals surface area (Å²) in [6.07, 6.45) is 0. The number of nitroso groups, excluding NO2 is 1. The predicted molar refractivity (Wildman–Crippen MR) is 91.1 cm³/mol. The zero-order chi connectivity index (χ0) is 16.9. The second kappa shape index (κ2) is 7.51. The van der Waals surface area contributed by atoms with Gasteiger partial charge >= 0.3 is 7.60 Å². The van der Waals surface area contributed by atoms with Gasteiger partial charge in [-0.2, -0.15) is 0 Å². The third kappa shape index (κ3) is 4.05. The second-order valence-corrected chi connectivity index (χ2v) is 7.33. The summed E-state index contributed by atoms with van der Waals surface area (Å²) in [5, 5.41) is 6.05. The van der Waals surface area contributed by atoms with Crippen LogP contribution in [0, 0.1) is 11.8 Å². The maximum Gasteiger partial charge on any atom is 0.356 e. The first-order valence-electron chi connectivity index (χ1n) is 7.00. The molecule has 1 atom stereocenters. The Morgan fingerprint density at radius 2 is 1.57 bits per heavy atom. The zero-order valence-electron chi connectivity index (χ0n) is 13.2. The topological polar surface area (TPSA) is 77.0 Å². The van der Waals surface area contributed by atoms with Gasteiger partial charge in [0.15, 0.2) is 5.78 Å². The number of anilines is 1. The molecule has 2 rings (SSSR count). The van der Waals surface area contributed by atoms with E-state index < -0.39 is 13.4 Å². The van der Waals surface area contributed by atoms with Crippen molar-refractivity contribution >= 4 is 19.0 Å². The van der Waals surface area contributed by atoms with E-state index in [1.165, 1.54) is 14.2 Å². The Labute approximate surface area is 135 Å². The fraction of sp³-hybridized carbons (Fsp3) is 0.250. The van der Waals surface area contributed by atoms with Gasteiger partial charge < -0.3 is 14.4 Å². The van der Waals surface area contributed by atoms with E-state index in [0.717, 1.165) is 11.3 Å². The fourth-order valence-electron chi connectivity index (χ4n) is 2.16. The Morgan fingerprint density at radius 3 is 2.04 bits per heavy atom. The maximum absolute atomic E-state index is 12.9. The summed E-state index contributed by atoms with van der Waals surface area (Å²) in [7, 11) is -0.749. The Bertz CT molecular complexity index is 693. The van der Waals surface area contributed by atoms with E-state index in [1.807, 2.05) is 31.2 Å². The van der Waals surface area contributed by atoms with Crippen molar-refractivity contribution in [3.05, 3.63) is 64.6 Å². The molecule has 0 saturated carbocycles. The molecule has 0 aliphatic carbocycles. The third-order valence-electron chi connectivity index (χ3n) is 3.49. The lowest BCUT2D eigenvalue weighted by molar-refractivity contribution is 0.268. The normalized spacial score (nSPS) is 12.7. The van der Waals surface area contributed by atoms with Crippen LogP contribution in [0.1, 0.15) is 16.9 Å². The second-order valence-electron chi connectivity index (χ2n) is 5.00. The molecular formula is C16H19N2O4P. The van der Waals surface area contributed by atoms with Gasteiger partial charge in [-0.15, -0.1) is 4.91 Å². The van der Waals surface area contributed by atoms with Crippen molar-refractivity contribution in [3.63, 3.8) is 0 Å². The van der Waals surface area contributed by atoms with Crippen LogP contribution in [-0.2, 0) is 13.6 Å². The molecule has 0 spiro atoms. The Hall–Kier alpha value is -2.01.